The molecular formula is C8H14N3NaO. The summed E-state index contributed by atoms with van der Waals surface area (Å²) < 4.78 is 0. The molecule has 0 spiro atoms. The van der Waals surface area contributed by atoms with Crippen molar-refractivity contribution < 1.29 is 4.79 Å². The van der Waals surface area contributed by atoms with E-state index in [0.717, 1.165) is 13.1 Å². The van der Waals surface area contributed by atoms with E-state index in [1.54, 1.807) is 0 Å². The Balaban J connectivity index is 0.00000144. The fraction of sp³-hybridized carbons (Fsp3) is 0.750. The van der Waals surface area contributed by atoms with Crippen molar-refractivity contribution in [3.05, 3.63) is 0 Å². The predicted molar refractivity (Wildman–Crippen MR) is 51.7 cm³/mol. The number of hydrogen-bond acceptors (Lipinski definition) is 4. The molecule has 1 N–H and O–H groups in total. The van der Waals surface area contributed by atoms with Gasteiger partial charge in [-0.1, -0.05) is 0 Å². The fourth-order valence-corrected chi connectivity index (χ4v) is 1.36. The maximum atomic E-state index is 11.3. The number of rotatable bonds is 2. The molecule has 0 aromatic heterocycles. The first-order chi connectivity index (χ1) is 5.75. The third kappa shape index (κ3) is 3.75. The van der Waals surface area contributed by atoms with Gasteiger partial charge in [-0.3, -0.25) is 9.69 Å². The van der Waals surface area contributed by atoms with Crippen LogP contribution in [0, 0.1) is 11.3 Å². The Morgan fingerprint density at radius 3 is 3.00 bits per heavy atom. The van der Waals surface area contributed by atoms with Gasteiger partial charge in [-0.15, -0.1) is 0 Å². The number of piperazine rings is 1. The first kappa shape index (κ1) is 13.1. The van der Waals surface area contributed by atoms with Gasteiger partial charge >= 0.3 is 29.6 Å². The van der Waals surface area contributed by atoms with E-state index in [9.17, 15) is 4.79 Å². The first-order valence-corrected chi connectivity index (χ1v) is 4.06. The molecule has 1 saturated heterocycles. The van der Waals surface area contributed by atoms with E-state index in [2.05, 4.69) is 5.32 Å². The minimum absolute atomic E-state index is 0. The fourth-order valence-electron chi connectivity index (χ4n) is 1.36. The second kappa shape index (κ2) is 6.52. The quantitative estimate of drug-likeness (QED) is 0.553. The molecule has 68 valence electrons. The zero-order chi connectivity index (χ0) is 8.97. The molecule has 5 heteroatoms. The van der Waals surface area contributed by atoms with Crippen LogP contribution >= 0.6 is 0 Å². The molecule has 0 aromatic rings. The van der Waals surface area contributed by atoms with Gasteiger partial charge in [0.2, 0.25) is 0 Å². The van der Waals surface area contributed by atoms with Crippen molar-refractivity contribution in [1.29, 1.82) is 5.26 Å². The first-order valence-electron chi connectivity index (χ1n) is 4.06. The van der Waals surface area contributed by atoms with Crippen LogP contribution in [0.3, 0.4) is 0 Å². The van der Waals surface area contributed by atoms with Crippen molar-refractivity contribution in [2.45, 2.75) is 12.5 Å². The Hall–Kier alpha value is 0.0800. The zero-order valence-corrected chi connectivity index (χ0v) is 7.21. The van der Waals surface area contributed by atoms with Crippen LogP contribution in [0.1, 0.15) is 6.42 Å². The predicted octanol–water partition coefficient (Wildman–Crippen LogP) is -1.28. The van der Waals surface area contributed by atoms with Crippen LogP contribution in [0.2, 0.25) is 0 Å². The van der Waals surface area contributed by atoms with Gasteiger partial charge in [-0.2, -0.15) is 5.26 Å². The summed E-state index contributed by atoms with van der Waals surface area (Å²) in [5, 5.41) is 11.5. The van der Waals surface area contributed by atoms with Crippen LogP contribution in [-0.4, -0.2) is 73.0 Å². The molecule has 1 rings (SSSR count). The Morgan fingerprint density at radius 2 is 2.46 bits per heavy atom. The molecule has 1 aliphatic heterocycles. The van der Waals surface area contributed by atoms with Gasteiger partial charge in [-0.25, -0.2) is 0 Å². The van der Waals surface area contributed by atoms with Crippen LogP contribution in [0.25, 0.3) is 0 Å². The topological polar surface area (TPSA) is 56.1 Å². The molecule has 1 fully saturated rings. The molecule has 0 radical (unpaired) electrons. The van der Waals surface area contributed by atoms with Crippen LogP contribution in [0.4, 0.5) is 0 Å². The average molecular weight is 191 g/mol. The van der Waals surface area contributed by atoms with Crippen LogP contribution in [0.15, 0.2) is 0 Å². The Morgan fingerprint density at radius 1 is 1.77 bits per heavy atom. The molecular weight excluding hydrogens is 177 g/mol. The average Bonchev–Trinajstić information content (AvgIpc) is 2.05. The summed E-state index contributed by atoms with van der Waals surface area (Å²) in [6.45, 7) is 2.48. The van der Waals surface area contributed by atoms with Gasteiger partial charge in [-0.05, 0) is 7.05 Å². The van der Waals surface area contributed by atoms with E-state index in [1.165, 1.54) is 0 Å². The molecule has 0 bridgehead atoms. The number of carbonyl (C=O) groups excluding carboxylic acids is 1. The normalized spacial score (nSPS) is 22.9. The van der Waals surface area contributed by atoms with Crippen LogP contribution in [0.5, 0.6) is 0 Å². The number of hydrogen-bond donors (Lipinski definition) is 1. The van der Waals surface area contributed by atoms with Crippen molar-refractivity contribution in [3.63, 3.8) is 0 Å². The number of carbonyl (C=O) groups is 1. The maximum absolute atomic E-state index is 11.3. The number of Topliss-reactive ketones (excluding diaryl/α,β-unsaturated/α-hetero) is 1. The molecule has 0 aliphatic carbocycles. The molecule has 0 amide bonds. The number of nitrogens with zero attached hydrogens (tertiary/aromatic N) is 2. The minimum atomic E-state index is -0.0987. The van der Waals surface area contributed by atoms with Gasteiger partial charge in [0.1, 0.15) is 0 Å². The van der Waals surface area contributed by atoms with E-state index in [0.29, 0.717) is 6.54 Å². The molecule has 1 aliphatic rings. The summed E-state index contributed by atoms with van der Waals surface area (Å²) in [5.41, 5.74) is 0. The van der Waals surface area contributed by atoms with Crippen LogP contribution < -0.4 is 5.32 Å². The number of nitriles is 1. The summed E-state index contributed by atoms with van der Waals surface area (Å²) in [4.78, 5) is 13.3. The number of likely N-dealkylation sites (N-methyl/N-ethyl adjacent to an activating group) is 1. The molecule has 1 heterocycles. The third-order valence-electron chi connectivity index (χ3n) is 2.14. The van der Waals surface area contributed by atoms with Crippen molar-refractivity contribution in [3.8, 4) is 6.07 Å². The van der Waals surface area contributed by atoms with Gasteiger partial charge in [0, 0.05) is 19.6 Å². The summed E-state index contributed by atoms with van der Waals surface area (Å²) in [5.74, 6) is 0.0206. The molecule has 13 heavy (non-hydrogen) atoms. The van der Waals surface area contributed by atoms with Crippen molar-refractivity contribution in [2.24, 2.45) is 0 Å². The zero-order valence-electron chi connectivity index (χ0n) is 7.21. The summed E-state index contributed by atoms with van der Waals surface area (Å²) in [6.07, 6.45) is 0.0245. The van der Waals surface area contributed by atoms with Gasteiger partial charge < -0.3 is 5.32 Å². The molecule has 4 nitrogen and oxygen atoms in total. The van der Waals surface area contributed by atoms with Gasteiger partial charge in [0.05, 0.1) is 18.5 Å². The molecule has 0 aromatic carbocycles. The summed E-state index contributed by atoms with van der Waals surface area (Å²) >= 11 is 0. The van der Waals surface area contributed by atoms with E-state index in [-0.39, 0.29) is 47.8 Å². The number of ketones is 1. The number of nitrogens with one attached hydrogen (secondary N) is 1. The van der Waals surface area contributed by atoms with Gasteiger partial charge in [0.15, 0.2) is 5.78 Å². The summed E-state index contributed by atoms with van der Waals surface area (Å²) in [6, 6.07) is 1.78. The Kier molecular flexibility index (Phi) is 6.56. The second-order valence-corrected chi connectivity index (χ2v) is 3.00. The molecule has 1 atom stereocenters. The standard InChI is InChI=1S/C8H13N3O.Na.H/c1-11-5-4-10-6-7(11)8(12)2-3-9;;/h7,10H,2,4-6H2,1H3;;. The van der Waals surface area contributed by atoms with Crippen molar-refractivity contribution >= 4 is 35.3 Å². The van der Waals surface area contributed by atoms with E-state index in [4.69, 9.17) is 5.26 Å². The van der Waals surface area contributed by atoms with Crippen LogP contribution in [-0.2, 0) is 4.79 Å². The van der Waals surface area contributed by atoms with Crippen molar-refractivity contribution in [1.82, 2.24) is 10.2 Å². The van der Waals surface area contributed by atoms with Crippen molar-refractivity contribution in [2.75, 3.05) is 26.7 Å². The molecule has 1 unspecified atom stereocenters. The Bertz CT molecular complexity index is 214. The molecule has 0 saturated carbocycles. The second-order valence-electron chi connectivity index (χ2n) is 3.00. The monoisotopic (exact) mass is 191 g/mol. The summed E-state index contributed by atoms with van der Waals surface area (Å²) in [7, 11) is 1.92. The van der Waals surface area contributed by atoms with E-state index < -0.39 is 0 Å². The van der Waals surface area contributed by atoms with E-state index in [1.807, 2.05) is 18.0 Å². The SMILES string of the molecule is CN1CCNCC1C(=O)CC#N.[NaH]. The van der Waals surface area contributed by atoms with Gasteiger partial charge in [0.25, 0.3) is 0 Å². The third-order valence-corrected chi connectivity index (χ3v) is 2.14. The Labute approximate surface area is 101 Å². The van der Waals surface area contributed by atoms with E-state index >= 15 is 0 Å².